The maximum Gasteiger partial charge on any atom is 0.0212 e. The van der Waals surface area contributed by atoms with Crippen molar-refractivity contribution in [1.82, 2.24) is 21.3 Å². The van der Waals surface area contributed by atoms with Gasteiger partial charge in [-0.2, -0.15) is 0 Å². The van der Waals surface area contributed by atoms with Crippen LogP contribution in [-0.4, -0.2) is 52.4 Å². The number of nitrogens with one attached hydrogen (secondary N) is 4. The molecule has 0 unspecified atom stereocenters. The molecule has 0 spiro atoms. The highest BCUT2D eigenvalue weighted by Crippen LogP contribution is 2.17. The number of benzene rings is 2. The van der Waals surface area contributed by atoms with Crippen LogP contribution >= 0.6 is 0 Å². The molecule has 0 aliphatic heterocycles. The van der Waals surface area contributed by atoms with Gasteiger partial charge in [-0.25, -0.2) is 0 Å². The highest BCUT2D eigenvalue weighted by atomic mass is 15.0. The van der Waals surface area contributed by atoms with Crippen LogP contribution in [0.25, 0.3) is 10.8 Å². The first-order chi connectivity index (χ1) is 11.9. The van der Waals surface area contributed by atoms with Gasteiger partial charge in [0.05, 0.1) is 0 Å². The van der Waals surface area contributed by atoms with E-state index in [4.69, 9.17) is 5.73 Å². The predicted molar refractivity (Wildman–Crippen MR) is 103 cm³/mol. The fourth-order valence-corrected chi connectivity index (χ4v) is 2.68. The van der Waals surface area contributed by atoms with E-state index in [1.807, 2.05) is 0 Å². The molecule has 0 heterocycles. The van der Waals surface area contributed by atoms with Crippen molar-refractivity contribution in [3.8, 4) is 0 Å². The van der Waals surface area contributed by atoms with Crippen molar-refractivity contribution in [3.63, 3.8) is 0 Å². The van der Waals surface area contributed by atoms with E-state index in [1.165, 1.54) is 16.3 Å². The Hall–Kier alpha value is -1.50. The van der Waals surface area contributed by atoms with Gasteiger partial charge in [-0.05, 0) is 16.3 Å². The van der Waals surface area contributed by atoms with Crippen LogP contribution in [0, 0.1) is 0 Å². The summed E-state index contributed by atoms with van der Waals surface area (Å²) in [6.07, 6.45) is 0. The summed E-state index contributed by atoms with van der Waals surface area (Å²) in [6, 6.07) is 15.0. The van der Waals surface area contributed by atoms with Crippen LogP contribution in [0.3, 0.4) is 0 Å². The minimum atomic E-state index is 0.702. The number of hydrogen-bond acceptors (Lipinski definition) is 5. The third-order valence-corrected chi connectivity index (χ3v) is 3.95. The Labute approximate surface area is 145 Å². The molecule has 0 aliphatic rings. The molecule has 6 N–H and O–H groups in total. The van der Waals surface area contributed by atoms with Gasteiger partial charge in [-0.15, -0.1) is 0 Å². The van der Waals surface area contributed by atoms with Crippen molar-refractivity contribution < 1.29 is 0 Å². The van der Waals surface area contributed by atoms with Gasteiger partial charge in [0.25, 0.3) is 0 Å². The van der Waals surface area contributed by atoms with Gasteiger partial charge >= 0.3 is 0 Å². The minimum absolute atomic E-state index is 0.702. The summed E-state index contributed by atoms with van der Waals surface area (Å²) < 4.78 is 0. The fraction of sp³-hybridized carbons (Fsp3) is 0.474. The van der Waals surface area contributed by atoms with Gasteiger partial charge in [0, 0.05) is 58.9 Å². The zero-order valence-electron chi connectivity index (χ0n) is 14.5. The lowest BCUT2D eigenvalue weighted by atomic mass is 10.0. The summed E-state index contributed by atoms with van der Waals surface area (Å²) in [5, 5.41) is 16.3. The Morgan fingerprint density at radius 2 is 1.21 bits per heavy atom. The summed E-state index contributed by atoms with van der Waals surface area (Å²) in [5.41, 5.74) is 6.78. The van der Waals surface area contributed by atoms with E-state index in [0.29, 0.717) is 6.54 Å². The molecule has 0 saturated carbocycles. The third kappa shape index (κ3) is 6.95. The molecule has 0 radical (unpaired) electrons. The number of hydrogen-bond donors (Lipinski definition) is 5. The van der Waals surface area contributed by atoms with Crippen LogP contribution in [0.15, 0.2) is 42.5 Å². The van der Waals surface area contributed by atoms with Crippen molar-refractivity contribution in [2.45, 2.75) is 6.54 Å². The normalized spacial score (nSPS) is 11.2. The van der Waals surface area contributed by atoms with Crippen LogP contribution in [0.5, 0.6) is 0 Å². The Balaban J connectivity index is 1.49. The second kappa shape index (κ2) is 11.9. The van der Waals surface area contributed by atoms with Crippen molar-refractivity contribution in [2.75, 3.05) is 52.4 Å². The second-order valence-electron chi connectivity index (χ2n) is 5.85. The molecule has 0 aliphatic carbocycles. The molecule has 2 rings (SSSR count). The van der Waals surface area contributed by atoms with E-state index in [2.05, 4.69) is 63.7 Å². The molecular weight excluding hydrogens is 298 g/mol. The monoisotopic (exact) mass is 329 g/mol. The summed E-state index contributed by atoms with van der Waals surface area (Å²) in [6.45, 7) is 8.41. The summed E-state index contributed by atoms with van der Waals surface area (Å²) in [4.78, 5) is 0. The average molecular weight is 329 g/mol. The molecule has 0 amide bonds. The van der Waals surface area contributed by atoms with Gasteiger partial charge in [-0.1, -0.05) is 42.5 Å². The molecule has 0 aromatic heterocycles. The molecule has 0 bridgehead atoms. The van der Waals surface area contributed by atoms with E-state index < -0.39 is 0 Å². The first kappa shape index (κ1) is 18.8. The highest BCUT2D eigenvalue weighted by molar-refractivity contribution is 5.85. The Morgan fingerprint density at radius 1 is 0.625 bits per heavy atom. The topological polar surface area (TPSA) is 74.1 Å². The SMILES string of the molecule is NCCNCCNCCNCCNCc1cccc2ccccc12. The lowest BCUT2D eigenvalue weighted by Gasteiger charge is -2.10. The fourth-order valence-electron chi connectivity index (χ4n) is 2.68. The van der Waals surface area contributed by atoms with Gasteiger partial charge < -0.3 is 27.0 Å². The third-order valence-electron chi connectivity index (χ3n) is 3.95. The standard InChI is InChI=1S/C19H31N5/c20-8-9-21-10-11-22-12-13-23-14-15-24-16-18-6-3-5-17-4-1-2-7-19(17)18/h1-7,21-24H,8-16,20H2. The number of fused-ring (bicyclic) bond motifs is 1. The quantitative estimate of drug-likeness (QED) is 0.349. The van der Waals surface area contributed by atoms with E-state index in [1.54, 1.807) is 0 Å². The predicted octanol–water partition coefficient (Wildman–Crippen LogP) is 0.657. The molecule has 5 heteroatoms. The highest BCUT2D eigenvalue weighted by Gasteiger charge is 1.99. The van der Waals surface area contributed by atoms with Gasteiger partial charge in [0.1, 0.15) is 0 Å². The van der Waals surface area contributed by atoms with Crippen molar-refractivity contribution in [2.24, 2.45) is 5.73 Å². The molecule has 24 heavy (non-hydrogen) atoms. The number of rotatable bonds is 13. The van der Waals surface area contributed by atoms with Gasteiger partial charge in [-0.3, -0.25) is 0 Å². The van der Waals surface area contributed by atoms with Crippen LogP contribution in [0.2, 0.25) is 0 Å². The average Bonchev–Trinajstić information content (AvgIpc) is 2.63. The van der Waals surface area contributed by atoms with Crippen molar-refractivity contribution in [3.05, 3.63) is 48.0 Å². The van der Waals surface area contributed by atoms with E-state index in [9.17, 15) is 0 Å². The lowest BCUT2D eigenvalue weighted by molar-refractivity contribution is 0.567. The summed E-state index contributed by atoms with van der Waals surface area (Å²) in [5.74, 6) is 0. The molecule has 5 nitrogen and oxygen atoms in total. The Kier molecular flexibility index (Phi) is 9.38. The molecule has 0 atom stereocenters. The van der Waals surface area contributed by atoms with Crippen molar-refractivity contribution >= 4 is 10.8 Å². The first-order valence-electron chi connectivity index (χ1n) is 8.91. The zero-order valence-corrected chi connectivity index (χ0v) is 14.5. The van der Waals surface area contributed by atoms with Crippen molar-refractivity contribution in [1.29, 1.82) is 0 Å². The van der Waals surface area contributed by atoms with E-state index >= 15 is 0 Å². The first-order valence-corrected chi connectivity index (χ1v) is 8.91. The van der Waals surface area contributed by atoms with Gasteiger partial charge in [0.15, 0.2) is 0 Å². The molecular formula is C19H31N5. The van der Waals surface area contributed by atoms with Crippen LogP contribution in [0.1, 0.15) is 5.56 Å². The van der Waals surface area contributed by atoms with Crippen LogP contribution in [-0.2, 0) is 6.54 Å². The number of nitrogens with two attached hydrogens (primary N) is 1. The zero-order chi connectivity index (χ0) is 16.9. The minimum Gasteiger partial charge on any atom is -0.329 e. The second-order valence-corrected chi connectivity index (χ2v) is 5.85. The summed E-state index contributed by atoms with van der Waals surface area (Å²) >= 11 is 0. The molecule has 0 fully saturated rings. The van der Waals surface area contributed by atoms with Crippen LogP contribution in [0.4, 0.5) is 0 Å². The van der Waals surface area contributed by atoms with Crippen LogP contribution < -0.4 is 27.0 Å². The Bertz CT molecular complexity index is 567. The summed E-state index contributed by atoms with van der Waals surface area (Å²) in [7, 11) is 0. The molecule has 0 saturated heterocycles. The smallest absolute Gasteiger partial charge is 0.0212 e. The maximum absolute atomic E-state index is 5.41. The maximum atomic E-state index is 5.41. The lowest BCUT2D eigenvalue weighted by Crippen LogP contribution is -2.35. The molecule has 132 valence electrons. The largest absolute Gasteiger partial charge is 0.329 e. The molecule has 2 aromatic carbocycles. The molecule has 2 aromatic rings. The van der Waals surface area contributed by atoms with E-state index in [-0.39, 0.29) is 0 Å². The Morgan fingerprint density at radius 3 is 1.92 bits per heavy atom. The van der Waals surface area contributed by atoms with Gasteiger partial charge in [0.2, 0.25) is 0 Å². The van der Waals surface area contributed by atoms with E-state index in [0.717, 1.165) is 52.4 Å².